The number of halogens is 3. The minimum Gasteiger partial charge on any atom is -0.327 e. The zero-order valence-corrected chi connectivity index (χ0v) is 6.64. The molecule has 4 atom stereocenters. The smallest absolute Gasteiger partial charge is 0.327 e. The van der Waals surface area contributed by atoms with Crippen LogP contribution in [-0.4, -0.2) is 12.2 Å². The molecular weight excluding hydrogens is 167 g/mol. The first-order valence-electron chi connectivity index (χ1n) is 4.34. The highest BCUT2D eigenvalue weighted by Crippen LogP contribution is 2.61. The molecular formula is C8H12F3N. The Kier molecular flexibility index (Phi) is 1.65. The zero-order valence-electron chi connectivity index (χ0n) is 6.64. The van der Waals surface area contributed by atoms with Crippen LogP contribution in [0.15, 0.2) is 0 Å². The van der Waals surface area contributed by atoms with Crippen LogP contribution in [0.1, 0.15) is 19.3 Å². The highest BCUT2D eigenvalue weighted by Gasteiger charge is 2.66. The van der Waals surface area contributed by atoms with E-state index in [0.29, 0.717) is 0 Å². The molecule has 0 aromatic carbocycles. The van der Waals surface area contributed by atoms with E-state index in [1.54, 1.807) is 0 Å². The van der Waals surface area contributed by atoms with Gasteiger partial charge in [0, 0.05) is 6.04 Å². The molecule has 12 heavy (non-hydrogen) atoms. The van der Waals surface area contributed by atoms with Crippen molar-refractivity contribution in [2.24, 2.45) is 23.5 Å². The molecule has 2 aliphatic rings. The summed E-state index contributed by atoms with van der Waals surface area (Å²) in [4.78, 5) is 0. The zero-order chi connectivity index (χ0) is 8.93. The van der Waals surface area contributed by atoms with Gasteiger partial charge < -0.3 is 5.73 Å². The summed E-state index contributed by atoms with van der Waals surface area (Å²) < 4.78 is 36.8. The average molecular weight is 179 g/mol. The standard InChI is InChI=1S/C8H12F3N/c9-8(10,11)7-4-2-1-3-5(12)6(4)7/h4-7H,1-3,12H2/t4-,5-,6+,7+/m1/s1. The molecule has 0 aromatic heterocycles. The van der Waals surface area contributed by atoms with Gasteiger partial charge in [-0.05, 0) is 24.7 Å². The maximum absolute atomic E-state index is 12.3. The highest BCUT2D eigenvalue weighted by atomic mass is 19.4. The molecule has 0 heterocycles. The van der Waals surface area contributed by atoms with Crippen LogP contribution in [0.25, 0.3) is 0 Å². The molecule has 2 N–H and O–H groups in total. The summed E-state index contributed by atoms with van der Waals surface area (Å²) in [5.74, 6) is -1.47. The number of hydrogen-bond donors (Lipinski definition) is 1. The van der Waals surface area contributed by atoms with Gasteiger partial charge in [-0.3, -0.25) is 0 Å². The Morgan fingerprint density at radius 2 is 1.83 bits per heavy atom. The molecule has 0 saturated heterocycles. The molecule has 4 heteroatoms. The van der Waals surface area contributed by atoms with Crippen molar-refractivity contribution < 1.29 is 13.2 Å². The fourth-order valence-corrected chi connectivity index (χ4v) is 2.60. The molecule has 0 bridgehead atoms. The Morgan fingerprint density at radius 3 is 2.33 bits per heavy atom. The number of rotatable bonds is 0. The average Bonchev–Trinajstić information content (AvgIpc) is 2.60. The van der Waals surface area contributed by atoms with E-state index in [-0.39, 0.29) is 17.9 Å². The molecule has 2 fully saturated rings. The molecule has 0 spiro atoms. The van der Waals surface area contributed by atoms with E-state index in [4.69, 9.17) is 5.73 Å². The predicted octanol–water partition coefficient (Wildman–Crippen LogP) is 1.92. The summed E-state index contributed by atoms with van der Waals surface area (Å²) in [5.41, 5.74) is 5.61. The molecule has 0 amide bonds. The van der Waals surface area contributed by atoms with E-state index in [9.17, 15) is 13.2 Å². The van der Waals surface area contributed by atoms with Crippen LogP contribution in [-0.2, 0) is 0 Å². The quantitative estimate of drug-likeness (QED) is 0.604. The molecule has 0 aliphatic heterocycles. The molecule has 2 rings (SSSR count). The van der Waals surface area contributed by atoms with Gasteiger partial charge in [-0.1, -0.05) is 6.42 Å². The van der Waals surface area contributed by atoms with E-state index in [2.05, 4.69) is 0 Å². The SMILES string of the molecule is N[C@@H]1CCC[C@@H]2[C@@H]1[C@H]2C(F)(F)F. The fraction of sp³-hybridized carbons (Fsp3) is 1.00. The third kappa shape index (κ3) is 1.13. The van der Waals surface area contributed by atoms with E-state index >= 15 is 0 Å². The van der Waals surface area contributed by atoms with E-state index in [0.717, 1.165) is 19.3 Å². The first-order valence-corrected chi connectivity index (χ1v) is 4.34. The van der Waals surface area contributed by atoms with E-state index < -0.39 is 12.1 Å². The molecule has 0 aromatic rings. The van der Waals surface area contributed by atoms with Gasteiger partial charge in [0.1, 0.15) is 0 Å². The van der Waals surface area contributed by atoms with Crippen molar-refractivity contribution in [3.8, 4) is 0 Å². The van der Waals surface area contributed by atoms with Crippen LogP contribution < -0.4 is 5.73 Å². The van der Waals surface area contributed by atoms with Crippen LogP contribution in [0.5, 0.6) is 0 Å². The van der Waals surface area contributed by atoms with Gasteiger partial charge in [-0.2, -0.15) is 13.2 Å². The first kappa shape index (κ1) is 8.35. The maximum atomic E-state index is 12.3. The monoisotopic (exact) mass is 179 g/mol. The number of alkyl halides is 3. The van der Waals surface area contributed by atoms with Gasteiger partial charge in [0.25, 0.3) is 0 Å². The van der Waals surface area contributed by atoms with Crippen LogP contribution in [0.3, 0.4) is 0 Å². The second-order valence-corrected chi connectivity index (χ2v) is 3.90. The van der Waals surface area contributed by atoms with Crippen LogP contribution in [0.2, 0.25) is 0 Å². The van der Waals surface area contributed by atoms with Crippen molar-refractivity contribution in [1.82, 2.24) is 0 Å². The lowest BCUT2D eigenvalue weighted by Crippen LogP contribution is -2.27. The Morgan fingerprint density at radius 1 is 1.17 bits per heavy atom. The summed E-state index contributed by atoms with van der Waals surface area (Å²) in [7, 11) is 0. The fourth-order valence-electron chi connectivity index (χ4n) is 2.60. The minimum absolute atomic E-state index is 0.145. The van der Waals surface area contributed by atoms with Crippen LogP contribution in [0, 0.1) is 17.8 Å². The first-order chi connectivity index (χ1) is 5.52. The Balaban J connectivity index is 2.05. The Hall–Kier alpha value is -0.250. The summed E-state index contributed by atoms with van der Waals surface area (Å²) in [6.07, 6.45) is -1.64. The van der Waals surface area contributed by atoms with Crippen molar-refractivity contribution in [1.29, 1.82) is 0 Å². The molecule has 0 radical (unpaired) electrons. The molecule has 70 valence electrons. The molecule has 0 unspecified atom stereocenters. The lowest BCUT2D eigenvalue weighted by atomic mass is 9.96. The minimum atomic E-state index is -4.00. The number of hydrogen-bond acceptors (Lipinski definition) is 1. The van der Waals surface area contributed by atoms with Gasteiger partial charge in [0.05, 0.1) is 5.92 Å². The van der Waals surface area contributed by atoms with Gasteiger partial charge in [-0.15, -0.1) is 0 Å². The second kappa shape index (κ2) is 2.37. The topological polar surface area (TPSA) is 26.0 Å². The summed E-state index contributed by atoms with van der Waals surface area (Å²) in [6.45, 7) is 0. The van der Waals surface area contributed by atoms with Crippen molar-refractivity contribution in [2.75, 3.05) is 0 Å². The molecule has 2 aliphatic carbocycles. The van der Waals surface area contributed by atoms with Crippen LogP contribution in [0.4, 0.5) is 13.2 Å². The molecule has 1 nitrogen and oxygen atoms in total. The number of nitrogens with two attached hydrogens (primary N) is 1. The maximum Gasteiger partial charge on any atom is 0.392 e. The van der Waals surface area contributed by atoms with Gasteiger partial charge in [0.2, 0.25) is 0 Å². The Labute approximate surface area is 69.1 Å². The van der Waals surface area contributed by atoms with Gasteiger partial charge in [-0.25, -0.2) is 0 Å². The lowest BCUT2D eigenvalue weighted by molar-refractivity contribution is -0.154. The third-order valence-corrected chi connectivity index (χ3v) is 3.18. The predicted molar refractivity (Wildman–Crippen MR) is 38.4 cm³/mol. The normalized spacial score (nSPS) is 47.0. The summed E-state index contributed by atoms with van der Waals surface area (Å²) in [5, 5.41) is 0. The molecule has 2 saturated carbocycles. The van der Waals surface area contributed by atoms with Crippen LogP contribution >= 0.6 is 0 Å². The second-order valence-electron chi connectivity index (χ2n) is 3.90. The van der Waals surface area contributed by atoms with Gasteiger partial charge in [0.15, 0.2) is 0 Å². The number of fused-ring (bicyclic) bond motifs is 1. The third-order valence-electron chi connectivity index (χ3n) is 3.18. The van der Waals surface area contributed by atoms with E-state index in [1.807, 2.05) is 0 Å². The summed E-state index contributed by atoms with van der Waals surface area (Å²) in [6, 6.07) is -0.199. The van der Waals surface area contributed by atoms with Crippen molar-refractivity contribution in [3.63, 3.8) is 0 Å². The van der Waals surface area contributed by atoms with Crippen molar-refractivity contribution in [3.05, 3.63) is 0 Å². The van der Waals surface area contributed by atoms with E-state index in [1.165, 1.54) is 0 Å². The Bertz CT molecular complexity index is 189. The van der Waals surface area contributed by atoms with Crippen molar-refractivity contribution in [2.45, 2.75) is 31.5 Å². The van der Waals surface area contributed by atoms with Crippen molar-refractivity contribution >= 4 is 0 Å². The van der Waals surface area contributed by atoms with Gasteiger partial charge >= 0.3 is 6.18 Å². The summed E-state index contributed by atoms with van der Waals surface area (Å²) >= 11 is 0. The highest BCUT2D eigenvalue weighted by molar-refractivity contribution is 5.07. The largest absolute Gasteiger partial charge is 0.392 e. The lowest BCUT2D eigenvalue weighted by Gasteiger charge is -2.15.